The Kier molecular flexibility index (Phi) is 4.56. The van der Waals surface area contributed by atoms with E-state index in [-0.39, 0.29) is 12.4 Å². The van der Waals surface area contributed by atoms with Crippen molar-refractivity contribution in [2.45, 2.75) is 23.9 Å². The molecule has 5 atom stereocenters. The van der Waals surface area contributed by atoms with Crippen molar-refractivity contribution in [3.05, 3.63) is 24.2 Å². The molecule has 9 N–H and O–H groups in total. The van der Waals surface area contributed by atoms with Gasteiger partial charge >= 0.3 is 7.75 Å². The highest BCUT2D eigenvalue weighted by Gasteiger charge is 2.56. The van der Waals surface area contributed by atoms with E-state index in [0.29, 0.717) is 11.2 Å². The van der Waals surface area contributed by atoms with E-state index in [0.717, 1.165) is 0 Å². The maximum atomic E-state index is 11.1. The number of nitrogen functional groups attached to an aromatic ring is 1. The second kappa shape index (κ2) is 6.27. The minimum Gasteiger partial charge on any atom is -0.387 e. The molecule has 13 heteroatoms. The van der Waals surface area contributed by atoms with E-state index in [1.165, 1.54) is 10.8 Å². The first kappa shape index (κ1) is 18.2. The standard InChI is InChI=1S/C12H19N6O6P/c13-4-12(8-2-1-6-11(14)16-5-17-18(6)8)10(20)9(19)7(24-12)3-23-25(15,21)22/h1-2,5,7,9-10,19-20H,3-4,13H2,(H2,14,16,17)(H3,15,21,22)/t7-,9-,10-,12+/m1/s1. The molecule has 3 heterocycles. The van der Waals surface area contributed by atoms with Gasteiger partial charge in [-0.2, -0.15) is 5.10 Å². The number of nitrogens with two attached hydrogens (primary N) is 3. The lowest BCUT2D eigenvalue weighted by Crippen LogP contribution is -2.47. The Morgan fingerprint density at radius 1 is 1.44 bits per heavy atom. The molecule has 138 valence electrons. The SMILES string of the molecule is NC[C@@]1(c2ccc3c(N)ncnn23)O[C@H](COP(N)(=O)O)[C@@H](O)[C@H]1O. The molecule has 1 fully saturated rings. The van der Waals surface area contributed by atoms with E-state index < -0.39 is 38.3 Å². The number of aliphatic hydroxyl groups excluding tert-OH is 2. The van der Waals surface area contributed by atoms with Crippen molar-refractivity contribution in [1.82, 2.24) is 14.6 Å². The summed E-state index contributed by atoms with van der Waals surface area (Å²) >= 11 is 0. The third kappa shape index (κ3) is 3.03. The number of ether oxygens (including phenoxy) is 1. The fourth-order valence-corrected chi connectivity index (χ4v) is 3.32. The van der Waals surface area contributed by atoms with Gasteiger partial charge in [0.25, 0.3) is 0 Å². The monoisotopic (exact) mass is 374 g/mol. The number of hydrogen-bond acceptors (Lipinski definition) is 9. The number of aromatic nitrogens is 3. The Balaban J connectivity index is 1.99. The third-order valence-corrected chi connectivity index (χ3v) is 4.71. The molecule has 1 aliphatic heterocycles. The summed E-state index contributed by atoms with van der Waals surface area (Å²) in [4.78, 5) is 12.9. The van der Waals surface area contributed by atoms with Gasteiger partial charge in [-0.15, -0.1) is 0 Å². The average Bonchev–Trinajstić information content (AvgIpc) is 3.08. The Hall–Kier alpha value is -1.63. The first-order chi connectivity index (χ1) is 11.7. The van der Waals surface area contributed by atoms with E-state index in [2.05, 4.69) is 14.6 Å². The van der Waals surface area contributed by atoms with E-state index in [4.69, 9.17) is 26.6 Å². The van der Waals surface area contributed by atoms with Crippen molar-refractivity contribution in [2.24, 2.45) is 11.2 Å². The van der Waals surface area contributed by atoms with Gasteiger partial charge in [0.05, 0.1) is 12.3 Å². The van der Waals surface area contributed by atoms with Crippen LogP contribution in [0, 0.1) is 0 Å². The predicted molar refractivity (Wildman–Crippen MR) is 85.0 cm³/mol. The summed E-state index contributed by atoms with van der Waals surface area (Å²) < 4.78 is 22.8. The summed E-state index contributed by atoms with van der Waals surface area (Å²) in [6, 6.07) is 3.21. The van der Waals surface area contributed by atoms with Crippen molar-refractivity contribution >= 4 is 19.1 Å². The van der Waals surface area contributed by atoms with Crippen LogP contribution in [0.3, 0.4) is 0 Å². The molecule has 12 nitrogen and oxygen atoms in total. The number of rotatable bonds is 5. The van der Waals surface area contributed by atoms with Crippen molar-refractivity contribution in [3.8, 4) is 0 Å². The summed E-state index contributed by atoms with van der Waals surface area (Å²) in [7, 11) is -4.27. The van der Waals surface area contributed by atoms with Crippen LogP contribution in [0.1, 0.15) is 5.69 Å². The lowest BCUT2D eigenvalue weighted by Gasteiger charge is -2.30. The summed E-state index contributed by atoms with van der Waals surface area (Å²) in [5, 5.41) is 24.9. The molecular formula is C12H19N6O6P. The van der Waals surface area contributed by atoms with Gasteiger partial charge in [-0.3, -0.25) is 4.52 Å². The highest BCUT2D eigenvalue weighted by molar-refractivity contribution is 7.50. The Morgan fingerprint density at radius 2 is 2.16 bits per heavy atom. The fraction of sp³-hybridized carbons (Fsp3) is 0.500. The van der Waals surface area contributed by atoms with Gasteiger partial charge in [-0.25, -0.2) is 19.6 Å². The number of nitrogens with zero attached hydrogens (tertiary/aromatic N) is 3. The largest absolute Gasteiger partial charge is 0.400 e. The molecule has 0 saturated carbocycles. The smallest absolute Gasteiger partial charge is 0.387 e. The van der Waals surface area contributed by atoms with Crippen LogP contribution in [0.5, 0.6) is 0 Å². The molecular weight excluding hydrogens is 355 g/mol. The molecule has 1 aliphatic rings. The van der Waals surface area contributed by atoms with Crippen molar-refractivity contribution < 1.29 is 28.9 Å². The van der Waals surface area contributed by atoms with Crippen LogP contribution in [0.4, 0.5) is 5.82 Å². The topological polar surface area (TPSA) is 204 Å². The molecule has 0 aliphatic carbocycles. The minimum atomic E-state index is -4.27. The van der Waals surface area contributed by atoms with E-state index in [1.807, 2.05) is 0 Å². The zero-order valence-electron chi connectivity index (χ0n) is 13.0. The molecule has 3 rings (SSSR count). The Labute approximate surface area is 141 Å². The fourth-order valence-electron chi connectivity index (χ4n) is 2.96. The van der Waals surface area contributed by atoms with Gasteiger partial charge in [0, 0.05) is 6.54 Å². The average molecular weight is 374 g/mol. The number of anilines is 1. The molecule has 25 heavy (non-hydrogen) atoms. The van der Waals surface area contributed by atoms with Gasteiger partial charge in [-0.1, -0.05) is 0 Å². The highest BCUT2D eigenvalue weighted by atomic mass is 31.2. The second-order valence-corrected chi connectivity index (χ2v) is 7.09. The highest BCUT2D eigenvalue weighted by Crippen LogP contribution is 2.41. The van der Waals surface area contributed by atoms with E-state index in [9.17, 15) is 14.8 Å². The molecule has 1 unspecified atom stereocenters. The minimum absolute atomic E-state index is 0.211. The summed E-state index contributed by atoms with van der Waals surface area (Å²) in [5.41, 5.74) is 15.8. The van der Waals surface area contributed by atoms with Crippen molar-refractivity contribution in [2.75, 3.05) is 18.9 Å². The normalized spacial score (nSPS) is 32.1. The third-order valence-electron chi connectivity index (χ3n) is 4.19. The lowest BCUT2D eigenvalue weighted by atomic mass is 9.91. The van der Waals surface area contributed by atoms with Crippen LogP contribution < -0.4 is 17.0 Å². The van der Waals surface area contributed by atoms with Gasteiger partial charge in [0.1, 0.15) is 30.2 Å². The second-order valence-electron chi connectivity index (χ2n) is 5.71. The molecule has 0 aromatic carbocycles. The zero-order chi connectivity index (χ0) is 18.4. The van der Waals surface area contributed by atoms with Crippen LogP contribution >= 0.6 is 7.75 Å². The summed E-state index contributed by atoms with van der Waals surface area (Å²) in [6.07, 6.45) is -2.78. The van der Waals surface area contributed by atoms with Gasteiger partial charge in [0.2, 0.25) is 0 Å². The molecule has 0 bridgehead atoms. The molecule has 0 amide bonds. The maximum absolute atomic E-state index is 11.1. The van der Waals surface area contributed by atoms with Crippen LogP contribution in [0.25, 0.3) is 5.52 Å². The lowest BCUT2D eigenvalue weighted by molar-refractivity contribution is -0.0933. The first-order valence-electron chi connectivity index (χ1n) is 7.28. The van der Waals surface area contributed by atoms with Crippen LogP contribution in [-0.4, -0.2) is 61.2 Å². The maximum Gasteiger partial charge on any atom is 0.400 e. The molecule has 2 aromatic heterocycles. The van der Waals surface area contributed by atoms with Crippen LogP contribution in [0.2, 0.25) is 0 Å². The zero-order valence-corrected chi connectivity index (χ0v) is 13.9. The number of hydrogen-bond donors (Lipinski definition) is 6. The van der Waals surface area contributed by atoms with E-state index >= 15 is 0 Å². The molecule has 0 radical (unpaired) electrons. The van der Waals surface area contributed by atoms with Crippen molar-refractivity contribution in [3.63, 3.8) is 0 Å². The van der Waals surface area contributed by atoms with Crippen LogP contribution in [0.15, 0.2) is 18.5 Å². The quantitative estimate of drug-likeness (QED) is 0.306. The number of aliphatic hydroxyl groups is 2. The first-order valence-corrected chi connectivity index (χ1v) is 8.93. The molecule has 0 spiro atoms. The number of fused-ring (bicyclic) bond motifs is 1. The van der Waals surface area contributed by atoms with Crippen molar-refractivity contribution in [1.29, 1.82) is 0 Å². The van der Waals surface area contributed by atoms with E-state index in [1.54, 1.807) is 12.1 Å². The van der Waals surface area contributed by atoms with Gasteiger partial charge in [0.15, 0.2) is 11.4 Å². The molecule has 1 saturated heterocycles. The predicted octanol–water partition coefficient (Wildman–Crippen LogP) is -2.34. The van der Waals surface area contributed by atoms with Crippen LogP contribution in [-0.2, 0) is 19.4 Å². The molecule has 2 aromatic rings. The van der Waals surface area contributed by atoms with Gasteiger partial charge < -0.3 is 31.3 Å². The summed E-state index contributed by atoms with van der Waals surface area (Å²) in [5.74, 6) is 0.214. The van der Waals surface area contributed by atoms with Gasteiger partial charge in [-0.05, 0) is 12.1 Å². The Bertz CT molecular complexity index is 826. The Morgan fingerprint density at radius 3 is 2.80 bits per heavy atom. The summed E-state index contributed by atoms with van der Waals surface area (Å²) in [6.45, 7) is -0.720.